The maximum absolute atomic E-state index is 11.9. The van der Waals surface area contributed by atoms with Gasteiger partial charge in [0.25, 0.3) is 11.8 Å². The predicted molar refractivity (Wildman–Crippen MR) is 92.9 cm³/mol. The van der Waals surface area contributed by atoms with Crippen LogP contribution in [0, 0.1) is 0 Å². The van der Waals surface area contributed by atoms with Crippen molar-refractivity contribution >= 4 is 49.8 Å². The molecule has 6 heteroatoms. The van der Waals surface area contributed by atoms with Crippen molar-refractivity contribution in [3.05, 3.63) is 74.7 Å². The van der Waals surface area contributed by atoms with E-state index < -0.39 is 11.8 Å². The smallest absolute Gasteiger partial charge is 0.268 e. The molecule has 0 saturated carbocycles. The lowest BCUT2D eigenvalue weighted by molar-refractivity contribution is -0.117. The van der Waals surface area contributed by atoms with Gasteiger partial charge in [0.1, 0.15) is 0 Å². The zero-order chi connectivity index (χ0) is 15.9. The number of hydrogen-bond acceptors (Lipinski definition) is 2. The number of hydrogen-bond donors (Lipinski definition) is 2. The van der Waals surface area contributed by atoms with Crippen LogP contribution in [0.1, 0.15) is 15.9 Å². The van der Waals surface area contributed by atoms with Gasteiger partial charge < -0.3 is 0 Å². The fraction of sp³-hybridized carbons (Fsp3) is 0. The summed E-state index contributed by atoms with van der Waals surface area (Å²) in [6, 6.07) is 14.5. The van der Waals surface area contributed by atoms with Crippen molar-refractivity contribution in [3.63, 3.8) is 0 Å². The number of carbonyl (C=O) groups excluding carboxylic acids is 2. The van der Waals surface area contributed by atoms with Gasteiger partial charge in [-0.1, -0.05) is 40.2 Å². The summed E-state index contributed by atoms with van der Waals surface area (Å²) in [6.07, 6.45) is 3.01. The Kier molecular flexibility index (Phi) is 5.91. The standard InChI is InChI=1S/C16H12Br2N2O2/c17-12-8-5-11(6-9-12)7-10-15(21)19-20-16(22)13-3-1-2-4-14(13)18/h1-10H,(H,19,21)(H,20,22)/b10-7+. The number of rotatable bonds is 3. The van der Waals surface area contributed by atoms with Gasteiger partial charge in [0.15, 0.2) is 0 Å². The van der Waals surface area contributed by atoms with Gasteiger partial charge in [0, 0.05) is 15.0 Å². The van der Waals surface area contributed by atoms with Crippen molar-refractivity contribution in [2.24, 2.45) is 0 Å². The molecule has 0 unspecified atom stereocenters. The SMILES string of the molecule is O=C(/C=C/c1ccc(Br)cc1)NNC(=O)c1ccccc1Br. The van der Waals surface area contributed by atoms with Crippen LogP contribution in [0.3, 0.4) is 0 Å². The molecule has 0 saturated heterocycles. The molecule has 2 aromatic rings. The summed E-state index contributed by atoms with van der Waals surface area (Å²) in [6.45, 7) is 0. The average molecular weight is 424 g/mol. The van der Waals surface area contributed by atoms with Gasteiger partial charge in [-0.05, 0) is 51.8 Å². The van der Waals surface area contributed by atoms with Crippen LogP contribution in [0.25, 0.3) is 6.08 Å². The first-order valence-corrected chi connectivity index (χ1v) is 7.93. The van der Waals surface area contributed by atoms with Crippen molar-refractivity contribution < 1.29 is 9.59 Å². The molecule has 112 valence electrons. The van der Waals surface area contributed by atoms with Crippen molar-refractivity contribution in [1.82, 2.24) is 10.9 Å². The number of hydrazine groups is 1. The molecule has 4 nitrogen and oxygen atoms in total. The predicted octanol–water partition coefficient (Wildman–Crippen LogP) is 3.69. The Morgan fingerprint density at radius 3 is 2.27 bits per heavy atom. The molecular weight excluding hydrogens is 412 g/mol. The largest absolute Gasteiger partial charge is 0.270 e. The van der Waals surface area contributed by atoms with Gasteiger partial charge in [-0.3, -0.25) is 20.4 Å². The number of amides is 2. The van der Waals surface area contributed by atoms with Gasteiger partial charge >= 0.3 is 0 Å². The highest BCUT2D eigenvalue weighted by atomic mass is 79.9. The highest BCUT2D eigenvalue weighted by Crippen LogP contribution is 2.15. The minimum Gasteiger partial charge on any atom is -0.268 e. The minimum absolute atomic E-state index is 0.391. The second-order valence-electron chi connectivity index (χ2n) is 4.31. The van der Waals surface area contributed by atoms with E-state index in [0.717, 1.165) is 10.0 Å². The lowest BCUT2D eigenvalue weighted by Gasteiger charge is -2.06. The van der Waals surface area contributed by atoms with E-state index >= 15 is 0 Å². The molecule has 0 atom stereocenters. The van der Waals surface area contributed by atoms with Gasteiger partial charge in [0.05, 0.1) is 5.56 Å². The Hall–Kier alpha value is -1.92. The van der Waals surface area contributed by atoms with E-state index in [0.29, 0.717) is 10.0 Å². The molecule has 2 N–H and O–H groups in total. The highest BCUT2D eigenvalue weighted by Gasteiger charge is 2.08. The van der Waals surface area contributed by atoms with Crippen LogP contribution in [0.4, 0.5) is 0 Å². The van der Waals surface area contributed by atoms with Crippen LogP contribution in [0.2, 0.25) is 0 Å². The van der Waals surface area contributed by atoms with Crippen LogP contribution >= 0.6 is 31.9 Å². The monoisotopic (exact) mass is 422 g/mol. The first-order valence-electron chi connectivity index (χ1n) is 6.35. The van der Waals surface area contributed by atoms with E-state index in [4.69, 9.17) is 0 Å². The zero-order valence-corrected chi connectivity index (χ0v) is 14.5. The minimum atomic E-state index is -0.414. The van der Waals surface area contributed by atoms with Crippen molar-refractivity contribution in [2.75, 3.05) is 0 Å². The van der Waals surface area contributed by atoms with Gasteiger partial charge in [-0.25, -0.2) is 0 Å². The Morgan fingerprint density at radius 2 is 1.59 bits per heavy atom. The van der Waals surface area contributed by atoms with Crippen molar-refractivity contribution in [1.29, 1.82) is 0 Å². The number of nitrogens with one attached hydrogen (secondary N) is 2. The molecule has 0 aromatic heterocycles. The topological polar surface area (TPSA) is 58.2 Å². The third-order valence-corrected chi connectivity index (χ3v) is 3.94. The van der Waals surface area contributed by atoms with Gasteiger partial charge in [-0.2, -0.15) is 0 Å². The highest BCUT2D eigenvalue weighted by molar-refractivity contribution is 9.10. The van der Waals surface area contributed by atoms with E-state index in [1.165, 1.54) is 6.08 Å². The molecule has 0 aliphatic heterocycles. The lowest BCUT2D eigenvalue weighted by Crippen LogP contribution is -2.40. The first-order chi connectivity index (χ1) is 10.6. The molecule has 0 fully saturated rings. The maximum atomic E-state index is 11.9. The number of halogens is 2. The Bertz CT molecular complexity index is 712. The third kappa shape index (κ3) is 4.82. The van der Waals surface area contributed by atoms with E-state index in [1.54, 1.807) is 30.3 Å². The maximum Gasteiger partial charge on any atom is 0.270 e. The molecule has 0 bridgehead atoms. The Balaban J connectivity index is 1.89. The van der Waals surface area contributed by atoms with E-state index in [9.17, 15) is 9.59 Å². The van der Waals surface area contributed by atoms with Gasteiger partial charge in [-0.15, -0.1) is 0 Å². The van der Waals surface area contributed by atoms with Crippen LogP contribution in [0.15, 0.2) is 63.6 Å². The molecule has 2 amide bonds. The molecular formula is C16H12Br2N2O2. The Labute approximate surface area is 144 Å². The summed E-state index contributed by atoms with van der Waals surface area (Å²) in [5.74, 6) is -0.804. The van der Waals surface area contributed by atoms with E-state index in [-0.39, 0.29) is 0 Å². The quantitative estimate of drug-likeness (QED) is 0.584. The second-order valence-corrected chi connectivity index (χ2v) is 6.08. The summed E-state index contributed by atoms with van der Waals surface area (Å²) < 4.78 is 1.63. The van der Waals surface area contributed by atoms with Crippen LogP contribution in [-0.4, -0.2) is 11.8 Å². The molecule has 0 aliphatic carbocycles. The molecule has 2 rings (SSSR count). The second kappa shape index (κ2) is 7.91. The summed E-state index contributed by atoms with van der Waals surface area (Å²) in [5, 5.41) is 0. The van der Waals surface area contributed by atoms with E-state index in [1.807, 2.05) is 24.3 Å². The molecule has 0 spiro atoms. The summed E-state index contributed by atoms with van der Waals surface area (Å²) in [5.41, 5.74) is 6.02. The summed E-state index contributed by atoms with van der Waals surface area (Å²) in [4.78, 5) is 23.6. The molecule has 0 aliphatic rings. The lowest BCUT2D eigenvalue weighted by atomic mass is 10.2. The molecule has 22 heavy (non-hydrogen) atoms. The molecule has 2 aromatic carbocycles. The number of benzene rings is 2. The third-order valence-electron chi connectivity index (χ3n) is 2.71. The molecule has 0 heterocycles. The fourth-order valence-electron chi connectivity index (χ4n) is 1.62. The zero-order valence-electron chi connectivity index (χ0n) is 11.3. The van der Waals surface area contributed by atoms with E-state index in [2.05, 4.69) is 42.7 Å². The Morgan fingerprint density at radius 1 is 0.909 bits per heavy atom. The van der Waals surface area contributed by atoms with Crippen LogP contribution in [0.5, 0.6) is 0 Å². The van der Waals surface area contributed by atoms with Crippen LogP contribution < -0.4 is 10.9 Å². The number of carbonyl (C=O) groups is 2. The van der Waals surface area contributed by atoms with Crippen molar-refractivity contribution in [3.8, 4) is 0 Å². The molecule has 0 radical (unpaired) electrons. The van der Waals surface area contributed by atoms with Crippen LogP contribution in [-0.2, 0) is 4.79 Å². The van der Waals surface area contributed by atoms with Gasteiger partial charge in [0.2, 0.25) is 0 Å². The normalized spacial score (nSPS) is 10.5. The summed E-state index contributed by atoms with van der Waals surface area (Å²) >= 11 is 6.62. The fourth-order valence-corrected chi connectivity index (χ4v) is 2.35. The first kappa shape index (κ1) is 16.5. The average Bonchev–Trinajstić information content (AvgIpc) is 2.52. The summed E-state index contributed by atoms with van der Waals surface area (Å²) in [7, 11) is 0. The van der Waals surface area contributed by atoms with Crippen molar-refractivity contribution in [2.45, 2.75) is 0 Å².